The van der Waals surface area contributed by atoms with Gasteiger partial charge in [-0.25, -0.2) is 9.18 Å². The van der Waals surface area contributed by atoms with Crippen molar-refractivity contribution in [2.75, 3.05) is 6.54 Å². The molecule has 0 N–H and O–H groups in total. The lowest BCUT2D eigenvalue weighted by Gasteiger charge is -2.34. The molecule has 3 rings (SSSR count). The van der Waals surface area contributed by atoms with E-state index >= 15 is 0 Å². The zero-order chi connectivity index (χ0) is 16.9. The third-order valence-corrected chi connectivity index (χ3v) is 4.12. The van der Waals surface area contributed by atoms with Crippen LogP contribution in [0.15, 0.2) is 54.6 Å². The van der Waals surface area contributed by atoms with E-state index in [9.17, 15) is 14.0 Å². The van der Waals surface area contributed by atoms with Crippen LogP contribution in [-0.4, -0.2) is 23.3 Å². The molecule has 1 heterocycles. The normalized spacial score (nSPS) is 17.6. The Morgan fingerprint density at radius 1 is 1.12 bits per heavy atom. The van der Waals surface area contributed by atoms with Gasteiger partial charge in [0.25, 0.3) is 0 Å². The first-order valence-electron chi connectivity index (χ1n) is 7.88. The molecular weight excluding hydrogens is 309 g/mol. The number of ether oxygens (including phenoxy) is 1. The van der Waals surface area contributed by atoms with Crippen molar-refractivity contribution in [3.63, 3.8) is 0 Å². The first kappa shape index (κ1) is 16.2. The largest absolute Gasteiger partial charge is 0.445 e. The standard InChI is InChI=1S/C19H18FNO3/c20-16-8-6-15(7-9-16)18-12-17(22)10-11-21(18)19(23)24-13-14-4-2-1-3-5-14/h1-9,18H,10-13H2/t18-/m1/s1. The summed E-state index contributed by atoms with van der Waals surface area (Å²) in [4.78, 5) is 25.8. The second kappa shape index (κ2) is 7.25. The number of halogens is 1. The number of benzene rings is 2. The highest BCUT2D eigenvalue weighted by Gasteiger charge is 2.32. The molecule has 1 aliphatic rings. The van der Waals surface area contributed by atoms with Crippen LogP contribution in [0, 0.1) is 5.82 Å². The molecule has 1 aliphatic heterocycles. The summed E-state index contributed by atoms with van der Waals surface area (Å²) in [5, 5.41) is 0. The topological polar surface area (TPSA) is 46.6 Å². The molecule has 24 heavy (non-hydrogen) atoms. The van der Waals surface area contributed by atoms with Crippen molar-refractivity contribution in [2.45, 2.75) is 25.5 Å². The van der Waals surface area contributed by atoms with Crippen molar-refractivity contribution < 1.29 is 18.7 Å². The number of hydrogen-bond acceptors (Lipinski definition) is 3. The summed E-state index contributed by atoms with van der Waals surface area (Å²) in [6.07, 6.45) is 0.0881. The number of amides is 1. The Bertz CT molecular complexity index is 715. The minimum absolute atomic E-state index is 0.0939. The maximum Gasteiger partial charge on any atom is 0.410 e. The van der Waals surface area contributed by atoms with E-state index < -0.39 is 12.1 Å². The van der Waals surface area contributed by atoms with Crippen LogP contribution < -0.4 is 0 Å². The van der Waals surface area contributed by atoms with Crippen LogP contribution in [0.4, 0.5) is 9.18 Å². The SMILES string of the molecule is O=C1CCN(C(=O)OCc2ccccc2)[C@@H](c2ccc(F)cc2)C1. The van der Waals surface area contributed by atoms with Crippen molar-refractivity contribution in [1.29, 1.82) is 0 Å². The smallest absolute Gasteiger partial charge is 0.410 e. The van der Waals surface area contributed by atoms with Gasteiger partial charge in [-0.3, -0.25) is 4.79 Å². The molecular formula is C19H18FNO3. The summed E-state index contributed by atoms with van der Waals surface area (Å²) < 4.78 is 18.5. The lowest BCUT2D eigenvalue weighted by atomic mass is 9.95. The molecule has 1 fully saturated rings. The van der Waals surface area contributed by atoms with Crippen LogP contribution in [0.2, 0.25) is 0 Å². The molecule has 0 saturated carbocycles. The quantitative estimate of drug-likeness (QED) is 0.860. The van der Waals surface area contributed by atoms with E-state index in [1.54, 1.807) is 17.0 Å². The third-order valence-electron chi connectivity index (χ3n) is 4.12. The lowest BCUT2D eigenvalue weighted by Crippen LogP contribution is -2.41. The fraction of sp³-hybridized carbons (Fsp3) is 0.263. The number of carbonyl (C=O) groups excluding carboxylic acids is 2. The van der Waals surface area contributed by atoms with Crippen LogP contribution in [0.3, 0.4) is 0 Å². The highest BCUT2D eigenvalue weighted by atomic mass is 19.1. The zero-order valence-corrected chi connectivity index (χ0v) is 13.2. The van der Waals surface area contributed by atoms with Crippen LogP contribution in [0.1, 0.15) is 30.0 Å². The number of ketones is 1. The number of nitrogens with zero attached hydrogens (tertiary/aromatic N) is 1. The van der Waals surface area contributed by atoms with Gasteiger partial charge >= 0.3 is 6.09 Å². The molecule has 2 aromatic rings. The van der Waals surface area contributed by atoms with E-state index in [-0.39, 0.29) is 24.6 Å². The molecule has 2 aromatic carbocycles. The van der Waals surface area contributed by atoms with Crippen LogP contribution >= 0.6 is 0 Å². The van der Waals surface area contributed by atoms with Gasteiger partial charge in [-0.1, -0.05) is 42.5 Å². The minimum atomic E-state index is -0.458. The summed E-state index contributed by atoms with van der Waals surface area (Å²) in [6, 6.07) is 14.9. The van der Waals surface area contributed by atoms with E-state index in [2.05, 4.69) is 0 Å². The van der Waals surface area contributed by atoms with Gasteiger partial charge in [-0.15, -0.1) is 0 Å². The predicted molar refractivity (Wildman–Crippen MR) is 86.7 cm³/mol. The van der Waals surface area contributed by atoms with Gasteiger partial charge in [0, 0.05) is 19.4 Å². The Hall–Kier alpha value is -2.69. The van der Waals surface area contributed by atoms with Gasteiger partial charge in [-0.2, -0.15) is 0 Å². The lowest BCUT2D eigenvalue weighted by molar-refractivity contribution is -0.122. The highest BCUT2D eigenvalue weighted by molar-refractivity contribution is 5.82. The van der Waals surface area contributed by atoms with E-state index in [1.165, 1.54) is 12.1 Å². The fourth-order valence-corrected chi connectivity index (χ4v) is 2.83. The van der Waals surface area contributed by atoms with Gasteiger partial charge in [0.1, 0.15) is 18.2 Å². The molecule has 1 atom stereocenters. The zero-order valence-electron chi connectivity index (χ0n) is 13.2. The predicted octanol–water partition coefficient (Wildman–Crippen LogP) is 3.87. The van der Waals surface area contributed by atoms with Gasteiger partial charge in [0.2, 0.25) is 0 Å². The van der Waals surface area contributed by atoms with Crippen molar-refractivity contribution >= 4 is 11.9 Å². The third kappa shape index (κ3) is 3.79. The molecule has 0 radical (unpaired) electrons. The van der Waals surface area contributed by atoms with Crippen molar-refractivity contribution in [3.05, 3.63) is 71.5 Å². The minimum Gasteiger partial charge on any atom is -0.445 e. The molecule has 0 unspecified atom stereocenters. The maximum absolute atomic E-state index is 13.1. The van der Waals surface area contributed by atoms with E-state index in [0.717, 1.165) is 11.1 Å². The Balaban J connectivity index is 1.72. The first-order chi connectivity index (χ1) is 11.6. The second-order valence-electron chi connectivity index (χ2n) is 5.79. The summed E-state index contributed by atoms with van der Waals surface area (Å²) in [6.45, 7) is 0.495. The number of rotatable bonds is 3. The number of likely N-dealkylation sites (tertiary alicyclic amines) is 1. The molecule has 124 valence electrons. The Labute approximate surface area is 139 Å². The number of Topliss-reactive ketones (excluding diaryl/α,β-unsaturated/α-hetero) is 1. The highest BCUT2D eigenvalue weighted by Crippen LogP contribution is 2.30. The van der Waals surface area contributed by atoms with Gasteiger partial charge in [0.05, 0.1) is 6.04 Å². The van der Waals surface area contributed by atoms with Gasteiger partial charge in [-0.05, 0) is 23.3 Å². The first-order valence-corrected chi connectivity index (χ1v) is 7.88. The molecule has 1 saturated heterocycles. The van der Waals surface area contributed by atoms with E-state index in [1.807, 2.05) is 30.3 Å². The maximum atomic E-state index is 13.1. The average molecular weight is 327 g/mol. The van der Waals surface area contributed by atoms with Gasteiger partial charge < -0.3 is 9.64 Å². The Morgan fingerprint density at radius 3 is 2.54 bits per heavy atom. The number of hydrogen-bond donors (Lipinski definition) is 0. The average Bonchev–Trinajstić information content (AvgIpc) is 2.61. The Kier molecular flexibility index (Phi) is 4.89. The monoisotopic (exact) mass is 327 g/mol. The fourth-order valence-electron chi connectivity index (χ4n) is 2.83. The Morgan fingerprint density at radius 2 is 1.83 bits per heavy atom. The molecule has 0 spiro atoms. The van der Waals surface area contributed by atoms with Crippen LogP contribution in [0.5, 0.6) is 0 Å². The van der Waals surface area contributed by atoms with E-state index in [0.29, 0.717) is 13.0 Å². The second-order valence-corrected chi connectivity index (χ2v) is 5.79. The van der Waals surface area contributed by atoms with Crippen LogP contribution in [-0.2, 0) is 16.1 Å². The summed E-state index contributed by atoms with van der Waals surface area (Å²) >= 11 is 0. The molecule has 4 nitrogen and oxygen atoms in total. The summed E-state index contributed by atoms with van der Waals surface area (Å²) in [5.74, 6) is -0.254. The molecule has 0 aliphatic carbocycles. The van der Waals surface area contributed by atoms with Crippen LogP contribution in [0.25, 0.3) is 0 Å². The van der Waals surface area contributed by atoms with Crippen molar-refractivity contribution in [3.8, 4) is 0 Å². The molecule has 0 bridgehead atoms. The number of carbonyl (C=O) groups is 2. The number of piperidine rings is 1. The summed E-state index contributed by atoms with van der Waals surface area (Å²) in [5.41, 5.74) is 1.64. The van der Waals surface area contributed by atoms with Crippen molar-refractivity contribution in [1.82, 2.24) is 4.90 Å². The van der Waals surface area contributed by atoms with Crippen molar-refractivity contribution in [2.24, 2.45) is 0 Å². The summed E-state index contributed by atoms with van der Waals surface area (Å²) in [7, 11) is 0. The van der Waals surface area contributed by atoms with E-state index in [4.69, 9.17) is 4.74 Å². The molecule has 5 heteroatoms. The van der Waals surface area contributed by atoms with Gasteiger partial charge in [0.15, 0.2) is 0 Å². The molecule has 0 aromatic heterocycles. The molecule has 1 amide bonds.